The summed E-state index contributed by atoms with van der Waals surface area (Å²) in [5.41, 5.74) is 0.602. The van der Waals surface area contributed by atoms with E-state index in [0.717, 1.165) is 12.0 Å². The molecule has 0 bridgehead atoms. The van der Waals surface area contributed by atoms with Crippen molar-refractivity contribution >= 4 is 0 Å². The Morgan fingerprint density at radius 2 is 2.00 bits per heavy atom. The van der Waals surface area contributed by atoms with Gasteiger partial charge >= 0.3 is 0 Å². The molecule has 0 spiro atoms. The third-order valence-electron chi connectivity index (χ3n) is 3.24. The summed E-state index contributed by atoms with van der Waals surface area (Å²) >= 11 is 0. The molecular formula is C9H17N. The molecule has 0 aromatic heterocycles. The Hall–Kier alpha value is -0.0400. The second-order valence-corrected chi connectivity index (χ2v) is 4.54. The van der Waals surface area contributed by atoms with E-state index >= 15 is 0 Å². The number of hydrogen-bond acceptors (Lipinski definition) is 1. The molecule has 1 heteroatoms. The van der Waals surface area contributed by atoms with Crippen LogP contribution in [0.2, 0.25) is 0 Å². The van der Waals surface area contributed by atoms with Crippen molar-refractivity contribution in [1.29, 1.82) is 0 Å². The van der Waals surface area contributed by atoms with E-state index in [0.29, 0.717) is 5.41 Å². The van der Waals surface area contributed by atoms with E-state index in [-0.39, 0.29) is 0 Å². The van der Waals surface area contributed by atoms with Gasteiger partial charge in [0.15, 0.2) is 0 Å². The molecular weight excluding hydrogens is 122 g/mol. The first-order valence-electron chi connectivity index (χ1n) is 4.43. The van der Waals surface area contributed by atoms with Gasteiger partial charge in [0.25, 0.3) is 0 Å². The average molecular weight is 139 g/mol. The van der Waals surface area contributed by atoms with Gasteiger partial charge in [0.2, 0.25) is 0 Å². The molecule has 1 saturated carbocycles. The van der Waals surface area contributed by atoms with Gasteiger partial charge in [0.05, 0.1) is 0 Å². The molecule has 1 aliphatic carbocycles. The highest BCUT2D eigenvalue weighted by atomic mass is 15.0. The molecule has 1 unspecified atom stereocenters. The van der Waals surface area contributed by atoms with Gasteiger partial charge in [0, 0.05) is 12.6 Å². The van der Waals surface area contributed by atoms with Crippen LogP contribution < -0.4 is 5.32 Å². The first kappa shape index (κ1) is 6.66. The van der Waals surface area contributed by atoms with Crippen molar-refractivity contribution in [1.82, 2.24) is 5.32 Å². The van der Waals surface area contributed by atoms with Crippen LogP contribution in [0, 0.1) is 11.3 Å². The molecule has 2 rings (SSSR count). The summed E-state index contributed by atoms with van der Waals surface area (Å²) in [6.07, 6.45) is 4.42. The van der Waals surface area contributed by atoms with Crippen LogP contribution in [0.25, 0.3) is 0 Å². The number of rotatable bonds is 1. The Bertz CT molecular complexity index is 136. The van der Waals surface area contributed by atoms with Crippen molar-refractivity contribution in [3.05, 3.63) is 0 Å². The maximum absolute atomic E-state index is 3.54. The Kier molecular flexibility index (Phi) is 1.31. The minimum Gasteiger partial charge on any atom is -0.313 e. The molecule has 1 nitrogen and oxygen atoms in total. The largest absolute Gasteiger partial charge is 0.313 e. The standard InChI is InChI=1S/C9H17N/c1-9(2)6-10-8(9)7-4-3-5-7/h7-8,10H,3-6H2,1-2H3. The monoisotopic (exact) mass is 139 g/mol. The zero-order valence-corrected chi connectivity index (χ0v) is 6.98. The molecule has 58 valence electrons. The van der Waals surface area contributed by atoms with Crippen molar-refractivity contribution < 1.29 is 0 Å². The molecule has 2 aliphatic rings. The molecule has 1 aliphatic heterocycles. The van der Waals surface area contributed by atoms with Gasteiger partial charge < -0.3 is 5.32 Å². The average Bonchev–Trinajstić information content (AvgIpc) is 1.76. The highest BCUT2D eigenvalue weighted by molar-refractivity contribution is 5.01. The molecule has 0 radical (unpaired) electrons. The second-order valence-electron chi connectivity index (χ2n) is 4.54. The van der Waals surface area contributed by atoms with Gasteiger partial charge in [-0.25, -0.2) is 0 Å². The molecule has 1 heterocycles. The summed E-state index contributed by atoms with van der Waals surface area (Å²) in [5.74, 6) is 1.02. The van der Waals surface area contributed by atoms with E-state index in [2.05, 4.69) is 19.2 Å². The predicted molar refractivity (Wildman–Crippen MR) is 42.9 cm³/mol. The zero-order valence-electron chi connectivity index (χ0n) is 6.98. The highest BCUT2D eigenvalue weighted by Gasteiger charge is 2.44. The minimum atomic E-state index is 0.602. The number of hydrogen-bond donors (Lipinski definition) is 1. The highest BCUT2D eigenvalue weighted by Crippen LogP contribution is 2.41. The van der Waals surface area contributed by atoms with Crippen LogP contribution in [0.1, 0.15) is 33.1 Å². The van der Waals surface area contributed by atoms with Gasteiger partial charge in [-0.05, 0) is 24.2 Å². The topological polar surface area (TPSA) is 12.0 Å². The molecule has 1 atom stereocenters. The van der Waals surface area contributed by atoms with Crippen LogP contribution in [0.3, 0.4) is 0 Å². The first-order chi connectivity index (χ1) is 4.70. The summed E-state index contributed by atoms with van der Waals surface area (Å²) < 4.78 is 0. The summed E-state index contributed by atoms with van der Waals surface area (Å²) in [6.45, 7) is 5.99. The van der Waals surface area contributed by atoms with Gasteiger partial charge in [-0.15, -0.1) is 0 Å². The van der Waals surface area contributed by atoms with Crippen LogP contribution in [0.5, 0.6) is 0 Å². The summed E-state index contributed by atoms with van der Waals surface area (Å²) in [5, 5.41) is 3.54. The Morgan fingerprint density at radius 1 is 1.30 bits per heavy atom. The van der Waals surface area contributed by atoms with E-state index in [4.69, 9.17) is 0 Å². The van der Waals surface area contributed by atoms with Crippen LogP contribution >= 0.6 is 0 Å². The molecule has 1 saturated heterocycles. The normalized spacial score (nSPS) is 38.4. The fraction of sp³-hybridized carbons (Fsp3) is 1.00. The van der Waals surface area contributed by atoms with Crippen LogP contribution in [0.4, 0.5) is 0 Å². The second kappa shape index (κ2) is 1.97. The van der Waals surface area contributed by atoms with E-state index < -0.39 is 0 Å². The molecule has 0 amide bonds. The fourth-order valence-corrected chi connectivity index (χ4v) is 2.21. The Balaban J connectivity index is 1.93. The third kappa shape index (κ3) is 0.800. The van der Waals surface area contributed by atoms with Crippen molar-refractivity contribution in [2.45, 2.75) is 39.2 Å². The van der Waals surface area contributed by atoms with Crippen molar-refractivity contribution in [3.8, 4) is 0 Å². The lowest BCUT2D eigenvalue weighted by molar-refractivity contribution is 0.0397. The van der Waals surface area contributed by atoms with Crippen molar-refractivity contribution in [2.75, 3.05) is 6.54 Å². The lowest BCUT2D eigenvalue weighted by atomic mass is 9.65. The molecule has 0 aromatic rings. The van der Waals surface area contributed by atoms with Gasteiger partial charge in [-0.3, -0.25) is 0 Å². The van der Waals surface area contributed by atoms with E-state index in [1.807, 2.05) is 0 Å². The van der Waals surface area contributed by atoms with Gasteiger partial charge in [0.1, 0.15) is 0 Å². The first-order valence-corrected chi connectivity index (χ1v) is 4.43. The predicted octanol–water partition coefficient (Wildman–Crippen LogP) is 1.78. The summed E-state index contributed by atoms with van der Waals surface area (Å²) in [7, 11) is 0. The van der Waals surface area contributed by atoms with E-state index in [9.17, 15) is 0 Å². The van der Waals surface area contributed by atoms with Crippen molar-refractivity contribution in [3.63, 3.8) is 0 Å². The van der Waals surface area contributed by atoms with Crippen LogP contribution in [-0.4, -0.2) is 12.6 Å². The lowest BCUT2D eigenvalue weighted by Crippen LogP contribution is -2.63. The minimum absolute atomic E-state index is 0.602. The molecule has 1 N–H and O–H groups in total. The third-order valence-corrected chi connectivity index (χ3v) is 3.24. The van der Waals surface area contributed by atoms with Crippen LogP contribution in [-0.2, 0) is 0 Å². The quantitative estimate of drug-likeness (QED) is 0.584. The summed E-state index contributed by atoms with van der Waals surface area (Å²) in [4.78, 5) is 0. The Labute approximate surface area is 63.2 Å². The van der Waals surface area contributed by atoms with Crippen molar-refractivity contribution in [2.24, 2.45) is 11.3 Å². The van der Waals surface area contributed by atoms with Crippen LogP contribution in [0.15, 0.2) is 0 Å². The number of nitrogens with one attached hydrogen (secondary N) is 1. The van der Waals surface area contributed by atoms with E-state index in [1.54, 1.807) is 0 Å². The fourth-order valence-electron chi connectivity index (χ4n) is 2.21. The Morgan fingerprint density at radius 3 is 2.10 bits per heavy atom. The smallest absolute Gasteiger partial charge is 0.0159 e. The maximum atomic E-state index is 3.54. The molecule has 2 fully saturated rings. The maximum Gasteiger partial charge on any atom is 0.0159 e. The zero-order chi connectivity index (χ0) is 7.19. The van der Waals surface area contributed by atoms with Gasteiger partial charge in [-0.2, -0.15) is 0 Å². The SMILES string of the molecule is CC1(C)CNC1C1CCC1. The van der Waals surface area contributed by atoms with Gasteiger partial charge in [-0.1, -0.05) is 20.3 Å². The summed E-state index contributed by atoms with van der Waals surface area (Å²) in [6, 6.07) is 0.848. The molecule has 0 aromatic carbocycles. The van der Waals surface area contributed by atoms with E-state index in [1.165, 1.54) is 25.8 Å². The molecule has 10 heavy (non-hydrogen) atoms. The lowest BCUT2D eigenvalue weighted by Gasteiger charge is -2.52.